The van der Waals surface area contributed by atoms with Crippen molar-refractivity contribution in [2.75, 3.05) is 31.1 Å². The molecule has 7 heteroatoms. The predicted octanol–water partition coefficient (Wildman–Crippen LogP) is 3.35. The van der Waals surface area contributed by atoms with Crippen LogP contribution >= 0.6 is 0 Å². The number of hydrogen-bond acceptors (Lipinski definition) is 4. The molecule has 1 amide bonds. The summed E-state index contributed by atoms with van der Waals surface area (Å²) in [7, 11) is 0. The first-order valence-electron chi connectivity index (χ1n) is 9.01. The SMILES string of the molecule is O=C(CC1CCCCC1)N1CCN(c2ccc([N+](=O)[O-])cc2F)CC1. The molecule has 0 aromatic heterocycles. The van der Waals surface area contributed by atoms with Gasteiger partial charge in [0, 0.05) is 38.7 Å². The molecule has 25 heavy (non-hydrogen) atoms. The minimum Gasteiger partial charge on any atom is -0.366 e. The number of amides is 1. The largest absolute Gasteiger partial charge is 0.366 e. The summed E-state index contributed by atoms with van der Waals surface area (Å²) in [6.45, 7) is 2.24. The van der Waals surface area contributed by atoms with Crippen LogP contribution in [0.5, 0.6) is 0 Å². The molecule has 1 aromatic rings. The second-order valence-electron chi connectivity index (χ2n) is 6.97. The van der Waals surface area contributed by atoms with Crippen molar-refractivity contribution in [3.05, 3.63) is 34.1 Å². The summed E-state index contributed by atoms with van der Waals surface area (Å²) in [5.74, 6) is 0.137. The van der Waals surface area contributed by atoms with Gasteiger partial charge in [-0.1, -0.05) is 19.3 Å². The lowest BCUT2D eigenvalue weighted by Crippen LogP contribution is -2.49. The molecule has 0 N–H and O–H groups in total. The Morgan fingerprint density at radius 2 is 1.84 bits per heavy atom. The van der Waals surface area contributed by atoms with Gasteiger partial charge in [0.25, 0.3) is 5.69 Å². The first-order valence-corrected chi connectivity index (χ1v) is 9.01. The molecule has 0 spiro atoms. The first kappa shape index (κ1) is 17.6. The van der Waals surface area contributed by atoms with Crippen LogP contribution < -0.4 is 4.90 Å². The van der Waals surface area contributed by atoms with Gasteiger partial charge in [0.15, 0.2) is 5.82 Å². The van der Waals surface area contributed by atoms with E-state index in [2.05, 4.69) is 0 Å². The molecule has 0 atom stereocenters. The van der Waals surface area contributed by atoms with Gasteiger partial charge in [-0.05, 0) is 24.8 Å². The van der Waals surface area contributed by atoms with Crippen molar-refractivity contribution in [1.29, 1.82) is 0 Å². The van der Waals surface area contributed by atoms with E-state index in [4.69, 9.17) is 0 Å². The topological polar surface area (TPSA) is 66.7 Å². The predicted molar refractivity (Wildman–Crippen MR) is 93.0 cm³/mol. The molecule has 1 saturated carbocycles. The number of nitro benzene ring substituents is 1. The van der Waals surface area contributed by atoms with E-state index in [9.17, 15) is 19.3 Å². The van der Waals surface area contributed by atoms with E-state index in [1.165, 1.54) is 31.4 Å². The Labute approximate surface area is 146 Å². The average Bonchev–Trinajstić information content (AvgIpc) is 2.62. The fourth-order valence-corrected chi connectivity index (χ4v) is 3.83. The fourth-order valence-electron chi connectivity index (χ4n) is 3.83. The highest BCUT2D eigenvalue weighted by molar-refractivity contribution is 5.76. The number of non-ortho nitro benzene ring substituents is 1. The highest BCUT2D eigenvalue weighted by atomic mass is 19.1. The van der Waals surface area contributed by atoms with Crippen LogP contribution in [0.3, 0.4) is 0 Å². The Balaban J connectivity index is 1.54. The van der Waals surface area contributed by atoms with Gasteiger partial charge in [-0.3, -0.25) is 14.9 Å². The Morgan fingerprint density at radius 3 is 2.44 bits per heavy atom. The maximum absolute atomic E-state index is 14.1. The Kier molecular flexibility index (Phi) is 5.50. The number of rotatable bonds is 4. The van der Waals surface area contributed by atoms with E-state index in [-0.39, 0.29) is 11.6 Å². The van der Waals surface area contributed by atoms with Crippen molar-refractivity contribution in [3.63, 3.8) is 0 Å². The minimum absolute atomic E-state index is 0.204. The maximum Gasteiger partial charge on any atom is 0.272 e. The van der Waals surface area contributed by atoms with E-state index in [1.807, 2.05) is 9.80 Å². The third kappa shape index (κ3) is 4.27. The van der Waals surface area contributed by atoms with E-state index < -0.39 is 10.7 Å². The summed E-state index contributed by atoms with van der Waals surface area (Å²) in [5, 5.41) is 10.7. The summed E-state index contributed by atoms with van der Waals surface area (Å²) in [4.78, 5) is 26.3. The monoisotopic (exact) mass is 349 g/mol. The second kappa shape index (κ2) is 7.80. The van der Waals surface area contributed by atoms with Crippen LogP contribution in [-0.4, -0.2) is 41.9 Å². The number of piperazine rings is 1. The Hall–Kier alpha value is -2.18. The standard InChI is InChI=1S/C18H24FN3O3/c19-16-13-15(22(24)25)6-7-17(16)20-8-10-21(11-9-20)18(23)12-14-4-2-1-3-5-14/h6-7,13-14H,1-5,8-12H2. The van der Waals surface area contributed by atoms with E-state index in [0.717, 1.165) is 18.9 Å². The average molecular weight is 349 g/mol. The van der Waals surface area contributed by atoms with Gasteiger partial charge in [0.1, 0.15) is 0 Å². The molecule has 2 fully saturated rings. The van der Waals surface area contributed by atoms with E-state index >= 15 is 0 Å². The lowest BCUT2D eigenvalue weighted by molar-refractivity contribution is -0.385. The quantitative estimate of drug-likeness (QED) is 0.617. The van der Waals surface area contributed by atoms with Gasteiger partial charge in [-0.25, -0.2) is 4.39 Å². The normalized spacial score (nSPS) is 19.1. The third-order valence-corrected chi connectivity index (χ3v) is 5.30. The number of nitro groups is 1. The maximum atomic E-state index is 14.1. The van der Waals surface area contributed by atoms with Gasteiger partial charge in [0.2, 0.25) is 5.91 Å². The van der Waals surface area contributed by atoms with Gasteiger partial charge < -0.3 is 9.80 Å². The highest BCUT2D eigenvalue weighted by Crippen LogP contribution is 2.28. The number of hydrogen-bond donors (Lipinski definition) is 0. The molecule has 1 aliphatic carbocycles. The van der Waals surface area contributed by atoms with Crippen molar-refractivity contribution in [2.24, 2.45) is 5.92 Å². The summed E-state index contributed by atoms with van der Waals surface area (Å²) in [6, 6.07) is 3.72. The van der Waals surface area contributed by atoms with E-state index in [1.54, 1.807) is 0 Å². The zero-order valence-corrected chi connectivity index (χ0v) is 14.3. The van der Waals surface area contributed by atoms with Gasteiger partial charge in [-0.15, -0.1) is 0 Å². The highest BCUT2D eigenvalue weighted by Gasteiger charge is 2.26. The zero-order chi connectivity index (χ0) is 17.8. The molecule has 2 aliphatic rings. The number of nitrogens with zero attached hydrogens (tertiary/aromatic N) is 3. The molecule has 0 bridgehead atoms. The first-order chi connectivity index (χ1) is 12.0. The molecule has 0 unspecified atom stereocenters. The summed E-state index contributed by atoms with van der Waals surface area (Å²) in [6.07, 6.45) is 6.67. The summed E-state index contributed by atoms with van der Waals surface area (Å²) < 4.78 is 14.1. The minimum atomic E-state index is -0.602. The van der Waals surface area contributed by atoms with Gasteiger partial charge >= 0.3 is 0 Å². The van der Waals surface area contributed by atoms with Gasteiger partial charge in [-0.2, -0.15) is 0 Å². The molecule has 1 aromatic carbocycles. The van der Waals surface area contributed by atoms with Crippen LogP contribution in [0, 0.1) is 21.8 Å². The zero-order valence-electron chi connectivity index (χ0n) is 14.3. The Morgan fingerprint density at radius 1 is 1.16 bits per heavy atom. The molecule has 136 valence electrons. The van der Waals surface area contributed by atoms with Crippen LogP contribution in [0.2, 0.25) is 0 Å². The Bertz CT molecular complexity index is 638. The molecule has 6 nitrogen and oxygen atoms in total. The number of halogens is 1. The molecule has 0 radical (unpaired) electrons. The van der Waals surface area contributed by atoms with Crippen LogP contribution in [0.4, 0.5) is 15.8 Å². The van der Waals surface area contributed by atoms with Crippen LogP contribution in [0.15, 0.2) is 18.2 Å². The van der Waals surface area contributed by atoms with Crippen LogP contribution in [0.1, 0.15) is 38.5 Å². The number of anilines is 1. The van der Waals surface area contributed by atoms with Crippen molar-refractivity contribution in [3.8, 4) is 0 Å². The lowest BCUT2D eigenvalue weighted by Gasteiger charge is -2.37. The number of benzene rings is 1. The molecule has 3 rings (SSSR count). The molecule has 1 saturated heterocycles. The number of carbonyl (C=O) groups is 1. The molecular formula is C18H24FN3O3. The van der Waals surface area contributed by atoms with Crippen molar-refractivity contribution < 1.29 is 14.1 Å². The molecule has 1 aliphatic heterocycles. The van der Waals surface area contributed by atoms with Crippen LogP contribution in [0.25, 0.3) is 0 Å². The molecular weight excluding hydrogens is 325 g/mol. The smallest absolute Gasteiger partial charge is 0.272 e. The van der Waals surface area contributed by atoms with Crippen molar-refractivity contribution in [1.82, 2.24) is 4.90 Å². The third-order valence-electron chi connectivity index (χ3n) is 5.30. The van der Waals surface area contributed by atoms with E-state index in [0.29, 0.717) is 44.2 Å². The second-order valence-corrected chi connectivity index (χ2v) is 6.97. The molecule has 1 heterocycles. The number of carbonyl (C=O) groups excluding carboxylic acids is 1. The van der Waals surface area contributed by atoms with Crippen LogP contribution in [-0.2, 0) is 4.79 Å². The van der Waals surface area contributed by atoms with Crippen molar-refractivity contribution >= 4 is 17.3 Å². The van der Waals surface area contributed by atoms with Crippen molar-refractivity contribution in [2.45, 2.75) is 38.5 Å². The fraction of sp³-hybridized carbons (Fsp3) is 0.611. The summed E-state index contributed by atoms with van der Waals surface area (Å²) in [5.41, 5.74) is 0.118. The summed E-state index contributed by atoms with van der Waals surface area (Å²) >= 11 is 0. The van der Waals surface area contributed by atoms with Gasteiger partial charge in [0.05, 0.1) is 16.7 Å². The lowest BCUT2D eigenvalue weighted by atomic mass is 9.86.